The van der Waals surface area contributed by atoms with Crippen LogP contribution in [-0.4, -0.2) is 5.78 Å². The van der Waals surface area contributed by atoms with E-state index < -0.39 is 0 Å². The summed E-state index contributed by atoms with van der Waals surface area (Å²) in [4.78, 5) is 12.2. The van der Waals surface area contributed by atoms with Crippen molar-refractivity contribution in [1.82, 2.24) is 0 Å². The van der Waals surface area contributed by atoms with Gasteiger partial charge in [-0.1, -0.05) is 36.4 Å². The SMILES string of the molecule is O=C1c2ccccc2[C@H]2[C@H]1[C@H]1C=C[C@H]2C1. The third kappa shape index (κ3) is 0.785. The molecule has 4 atom stereocenters. The van der Waals surface area contributed by atoms with E-state index in [0.717, 1.165) is 5.56 Å². The van der Waals surface area contributed by atoms with Gasteiger partial charge in [-0.25, -0.2) is 0 Å². The van der Waals surface area contributed by atoms with E-state index >= 15 is 0 Å². The van der Waals surface area contributed by atoms with Gasteiger partial charge in [0.25, 0.3) is 0 Å². The number of rotatable bonds is 0. The highest BCUT2D eigenvalue weighted by Crippen LogP contribution is 2.58. The Kier molecular flexibility index (Phi) is 1.26. The Hall–Kier alpha value is -1.37. The highest BCUT2D eigenvalue weighted by molar-refractivity contribution is 6.04. The largest absolute Gasteiger partial charge is 0.294 e. The van der Waals surface area contributed by atoms with Crippen molar-refractivity contribution in [3.05, 3.63) is 47.5 Å². The van der Waals surface area contributed by atoms with Crippen molar-refractivity contribution in [1.29, 1.82) is 0 Å². The second-order valence-electron chi connectivity index (χ2n) is 4.95. The van der Waals surface area contributed by atoms with Gasteiger partial charge in [-0.15, -0.1) is 0 Å². The highest BCUT2D eigenvalue weighted by Gasteiger charge is 2.53. The average molecular weight is 196 g/mol. The first-order valence-corrected chi connectivity index (χ1v) is 5.68. The molecular formula is C14H12O. The van der Waals surface area contributed by atoms with Gasteiger partial charge in [-0.05, 0) is 23.8 Å². The summed E-state index contributed by atoms with van der Waals surface area (Å²) in [5, 5.41) is 0. The summed E-state index contributed by atoms with van der Waals surface area (Å²) in [7, 11) is 0. The molecule has 0 aromatic heterocycles. The van der Waals surface area contributed by atoms with Crippen LogP contribution < -0.4 is 0 Å². The van der Waals surface area contributed by atoms with Crippen LogP contribution in [0.2, 0.25) is 0 Å². The van der Waals surface area contributed by atoms with Gasteiger partial charge in [0.15, 0.2) is 5.78 Å². The summed E-state index contributed by atoms with van der Waals surface area (Å²) < 4.78 is 0. The van der Waals surface area contributed by atoms with Crippen molar-refractivity contribution in [2.24, 2.45) is 17.8 Å². The number of hydrogen-bond acceptors (Lipinski definition) is 1. The first-order chi connectivity index (χ1) is 7.36. The maximum absolute atomic E-state index is 12.2. The molecule has 1 heteroatoms. The Morgan fingerprint density at radius 2 is 1.73 bits per heavy atom. The van der Waals surface area contributed by atoms with Crippen molar-refractivity contribution in [2.45, 2.75) is 12.3 Å². The third-order valence-corrected chi connectivity index (χ3v) is 4.35. The number of fused-ring (bicyclic) bond motifs is 7. The van der Waals surface area contributed by atoms with Crippen LogP contribution in [0.4, 0.5) is 0 Å². The zero-order valence-electron chi connectivity index (χ0n) is 8.39. The lowest BCUT2D eigenvalue weighted by molar-refractivity contribution is 0.0911. The van der Waals surface area contributed by atoms with Crippen LogP contribution in [0.1, 0.15) is 28.3 Å². The Labute approximate surface area is 88.8 Å². The van der Waals surface area contributed by atoms with E-state index in [9.17, 15) is 4.79 Å². The first-order valence-electron chi connectivity index (χ1n) is 5.68. The molecule has 0 N–H and O–H groups in total. The predicted molar refractivity (Wildman–Crippen MR) is 57.7 cm³/mol. The molecule has 0 aliphatic heterocycles. The molecule has 0 amide bonds. The van der Waals surface area contributed by atoms with Gasteiger partial charge < -0.3 is 0 Å². The van der Waals surface area contributed by atoms with Crippen LogP contribution in [0.15, 0.2) is 36.4 Å². The lowest BCUT2D eigenvalue weighted by Crippen LogP contribution is -2.18. The van der Waals surface area contributed by atoms with Crippen LogP contribution in [0, 0.1) is 17.8 Å². The number of allylic oxidation sites excluding steroid dienone is 2. The average Bonchev–Trinajstić information content (AvgIpc) is 2.92. The molecular weight excluding hydrogens is 184 g/mol. The van der Waals surface area contributed by atoms with Gasteiger partial charge in [0.1, 0.15) is 0 Å². The lowest BCUT2D eigenvalue weighted by Gasteiger charge is -2.19. The normalized spacial score (nSPS) is 39.6. The summed E-state index contributed by atoms with van der Waals surface area (Å²) in [5.41, 5.74) is 2.30. The number of carbonyl (C=O) groups is 1. The fraction of sp³-hybridized carbons (Fsp3) is 0.357. The Bertz CT molecular complexity index is 486. The number of benzene rings is 1. The monoisotopic (exact) mass is 196 g/mol. The molecule has 1 saturated carbocycles. The summed E-state index contributed by atoms with van der Waals surface area (Å²) in [6.07, 6.45) is 5.78. The Morgan fingerprint density at radius 1 is 1.00 bits per heavy atom. The molecule has 0 unspecified atom stereocenters. The zero-order valence-corrected chi connectivity index (χ0v) is 8.39. The summed E-state index contributed by atoms with van der Waals surface area (Å²) >= 11 is 0. The molecule has 0 radical (unpaired) electrons. The quantitative estimate of drug-likeness (QED) is 0.583. The van der Waals surface area contributed by atoms with Crippen molar-refractivity contribution < 1.29 is 4.79 Å². The highest BCUT2D eigenvalue weighted by atomic mass is 16.1. The maximum atomic E-state index is 12.2. The zero-order chi connectivity index (χ0) is 9.99. The van der Waals surface area contributed by atoms with Crippen molar-refractivity contribution >= 4 is 5.78 Å². The van der Waals surface area contributed by atoms with Crippen molar-refractivity contribution in [3.63, 3.8) is 0 Å². The molecule has 0 heterocycles. The van der Waals surface area contributed by atoms with Crippen LogP contribution in [0.5, 0.6) is 0 Å². The first kappa shape index (κ1) is 7.86. The maximum Gasteiger partial charge on any atom is 0.167 e. The number of hydrogen-bond donors (Lipinski definition) is 0. The Morgan fingerprint density at radius 3 is 2.60 bits per heavy atom. The van der Waals surface area contributed by atoms with E-state index in [4.69, 9.17) is 0 Å². The van der Waals surface area contributed by atoms with Gasteiger partial charge in [0.2, 0.25) is 0 Å². The summed E-state index contributed by atoms with van der Waals surface area (Å²) in [5.74, 6) is 2.33. The van der Waals surface area contributed by atoms with E-state index in [1.165, 1.54) is 12.0 Å². The standard InChI is InChI=1S/C14H12O/c15-14-11-4-2-1-3-10(11)12-8-5-6-9(7-8)13(12)14/h1-6,8-9,12-13H,7H2/t8-,9-,12-,13+/m0/s1. The van der Waals surface area contributed by atoms with Gasteiger partial charge in [0, 0.05) is 17.4 Å². The minimum atomic E-state index is 0.275. The van der Waals surface area contributed by atoms with E-state index in [2.05, 4.69) is 24.3 Å². The van der Waals surface area contributed by atoms with E-state index in [1.54, 1.807) is 0 Å². The van der Waals surface area contributed by atoms with Crippen LogP contribution in [0.25, 0.3) is 0 Å². The topological polar surface area (TPSA) is 17.1 Å². The Balaban J connectivity index is 1.96. The minimum Gasteiger partial charge on any atom is -0.294 e. The molecule has 3 aliphatic carbocycles. The van der Waals surface area contributed by atoms with Crippen LogP contribution in [-0.2, 0) is 0 Å². The second kappa shape index (κ2) is 2.41. The smallest absolute Gasteiger partial charge is 0.167 e. The molecule has 0 spiro atoms. The second-order valence-corrected chi connectivity index (χ2v) is 4.95. The fourth-order valence-electron chi connectivity index (χ4n) is 3.80. The van der Waals surface area contributed by atoms with Crippen LogP contribution in [0.3, 0.4) is 0 Å². The lowest BCUT2D eigenvalue weighted by atomic mass is 9.83. The molecule has 1 nitrogen and oxygen atoms in total. The van der Waals surface area contributed by atoms with Crippen molar-refractivity contribution in [2.75, 3.05) is 0 Å². The minimum absolute atomic E-state index is 0.275. The molecule has 3 aliphatic rings. The number of carbonyl (C=O) groups excluding carboxylic acids is 1. The molecule has 0 saturated heterocycles. The van der Waals surface area contributed by atoms with Crippen LogP contribution >= 0.6 is 0 Å². The number of Topliss-reactive ketones (excluding diaryl/α,β-unsaturated/α-hetero) is 1. The molecule has 74 valence electrons. The van der Waals surface area contributed by atoms with Gasteiger partial charge >= 0.3 is 0 Å². The van der Waals surface area contributed by atoms with Gasteiger partial charge in [-0.3, -0.25) is 4.79 Å². The van der Waals surface area contributed by atoms with Gasteiger partial charge in [-0.2, -0.15) is 0 Å². The van der Waals surface area contributed by atoms with Crippen molar-refractivity contribution in [3.8, 4) is 0 Å². The molecule has 1 aromatic carbocycles. The summed E-state index contributed by atoms with van der Waals surface area (Å²) in [6, 6.07) is 8.18. The third-order valence-electron chi connectivity index (χ3n) is 4.35. The predicted octanol–water partition coefficient (Wildman–Crippen LogP) is 2.79. The van der Waals surface area contributed by atoms with Gasteiger partial charge in [0.05, 0.1) is 0 Å². The molecule has 15 heavy (non-hydrogen) atoms. The summed E-state index contributed by atoms with van der Waals surface area (Å²) in [6.45, 7) is 0. The number of ketones is 1. The van der Waals surface area contributed by atoms with E-state index in [1.807, 2.05) is 12.1 Å². The molecule has 2 bridgehead atoms. The van der Waals surface area contributed by atoms with E-state index in [0.29, 0.717) is 23.5 Å². The van der Waals surface area contributed by atoms with E-state index in [-0.39, 0.29) is 5.92 Å². The molecule has 1 aromatic rings. The molecule has 1 fully saturated rings. The fourth-order valence-corrected chi connectivity index (χ4v) is 3.80. The molecule has 4 rings (SSSR count).